The molecule has 2 heterocycles. The van der Waals surface area contributed by atoms with E-state index in [-0.39, 0.29) is 0 Å². The van der Waals surface area contributed by atoms with Crippen molar-refractivity contribution in [3.8, 4) is 0 Å². The Morgan fingerprint density at radius 1 is 1.04 bits per heavy atom. The van der Waals surface area contributed by atoms with Gasteiger partial charge in [-0.05, 0) is 40.7 Å². The second kappa shape index (κ2) is 6.78. The number of nitrogens with zero attached hydrogens (tertiary/aromatic N) is 4. The van der Waals surface area contributed by atoms with E-state index >= 15 is 0 Å². The van der Waals surface area contributed by atoms with E-state index in [4.69, 9.17) is 12.2 Å². The van der Waals surface area contributed by atoms with Crippen molar-refractivity contribution in [3.63, 3.8) is 0 Å². The smallest absolute Gasteiger partial charge is 0.216 e. The molecule has 0 amide bonds. The first kappa shape index (κ1) is 15.4. The monoisotopic (exact) mass is 345 g/mol. The largest absolute Gasteiger partial charge is 0.255 e. The van der Waals surface area contributed by atoms with Crippen molar-refractivity contribution in [2.45, 2.75) is 6.42 Å². The predicted octanol–water partition coefficient (Wildman–Crippen LogP) is 3.96. The zero-order valence-electron chi connectivity index (χ0n) is 13.3. The lowest BCUT2D eigenvalue weighted by Gasteiger charge is -2.06. The van der Waals surface area contributed by atoms with Gasteiger partial charge in [0.1, 0.15) is 0 Å². The third-order valence-corrected chi connectivity index (χ3v) is 4.20. The lowest BCUT2D eigenvalue weighted by Crippen LogP contribution is -2.01. The number of benzene rings is 2. The van der Waals surface area contributed by atoms with Gasteiger partial charge in [0, 0.05) is 12.6 Å². The second-order valence-electron chi connectivity index (χ2n) is 5.57. The minimum absolute atomic E-state index is 0.461. The molecule has 4 aromatic rings. The number of fused-ring (bicyclic) bond motifs is 1. The van der Waals surface area contributed by atoms with Gasteiger partial charge in [-0.1, -0.05) is 48.5 Å². The van der Waals surface area contributed by atoms with Crippen LogP contribution < -0.4 is 0 Å². The number of H-pyrrole nitrogens is 1. The maximum atomic E-state index is 5.31. The van der Waals surface area contributed by atoms with E-state index in [0.29, 0.717) is 11.2 Å². The van der Waals surface area contributed by atoms with Crippen molar-refractivity contribution in [2.24, 2.45) is 5.10 Å². The van der Waals surface area contributed by atoms with Gasteiger partial charge in [0.15, 0.2) is 5.82 Å². The first-order chi connectivity index (χ1) is 12.3. The molecule has 4 rings (SSSR count). The van der Waals surface area contributed by atoms with Crippen LogP contribution in [0.3, 0.4) is 0 Å². The van der Waals surface area contributed by atoms with Crippen LogP contribution in [0.15, 0.2) is 72.0 Å². The van der Waals surface area contributed by atoms with Crippen LogP contribution in [-0.4, -0.2) is 26.1 Å². The molecule has 25 heavy (non-hydrogen) atoms. The molecule has 1 N–H and O–H groups in total. The van der Waals surface area contributed by atoms with Gasteiger partial charge in [-0.15, -0.1) is 0 Å². The molecular weight excluding hydrogens is 330 g/mol. The fourth-order valence-electron chi connectivity index (χ4n) is 2.74. The zero-order chi connectivity index (χ0) is 17.1. The van der Waals surface area contributed by atoms with Crippen molar-refractivity contribution in [2.75, 3.05) is 0 Å². The molecule has 2 aromatic carbocycles. The number of rotatable bonds is 4. The van der Waals surface area contributed by atoms with E-state index in [0.717, 1.165) is 11.5 Å². The van der Waals surface area contributed by atoms with Crippen LogP contribution in [0.1, 0.15) is 17.1 Å². The van der Waals surface area contributed by atoms with Crippen LogP contribution in [0.25, 0.3) is 10.8 Å². The quantitative estimate of drug-likeness (QED) is 0.450. The summed E-state index contributed by atoms with van der Waals surface area (Å²) in [5.74, 6) is 0.758. The average Bonchev–Trinajstić information content (AvgIpc) is 3.01. The van der Waals surface area contributed by atoms with Crippen LogP contribution in [-0.2, 0) is 6.42 Å². The number of hydrogen-bond donors (Lipinski definition) is 1. The molecule has 0 unspecified atom stereocenters. The van der Waals surface area contributed by atoms with Crippen molar-refractivity contribution in [1.29, 1.82) is 0 Å². The maximum absolute atomic E-state index is 5.31. The highest BCUT2D eigenvalue weighted by molar-refractivity contribution is 7.71. The predicted molar refractivity (Wildman–Crippen MR) is 101 cm³/mol. The molecule has 0 aliphatic carbocycles. The SMILES string of the molecule is S=c1[nH]nc(Cc2cccc3ccccc23)n1/N=C\c1ccccn1. The number of aromatic nitrogens is 4. The Labute approximate surface area is 149 Å². The summed E-state index contributed by atoms with van der Waals surface area (Å²) in [6.45, 7) is 0. The van der Waals surface area contributed by atoms with Gasteiger partial charge in [0.05, 0.1) is 11.9 Å². The van der Waals surface area contributed by atoms with E-state index in [1.165, 1.54) is 16.3 Å². The molecule has 122 valence electrons. The topological polar surface area (TPSA) is 58.9 Å². The highest BCUT2D eigenvalue weighted by Gasteiger charge is 2.08. The van der Waals surface area contributed by atoms with Crippen molar-refractivity contribution < 1.29 is 0 Å². The van der Waals surface area contributed by atoms with Gasteiger partial charge in [-0.3, -0.25) is 10.1 Å². The van der Waals surface area contributed by atoms with Gasteiger partial charge >= 0.3 is 0 Å². The van der Waals surface area contributed by atoms with Crippen LogP contribution in [0.5, 0.6) is 0 Å². The molecule has 6 heteroatoms. The van der Waals surface area contributed by atoms with E-state index < -0.39 is 0 Å². The van der Waals surface area contributed by atoms with E-state index in [1.54, 1.807) is 17.1 Å². The molecule has 0 atom stereocenters. The Morgan fingerprint density at radius 3 is 2.76 bits per heavy atom. The third-order valence-electron chi connectivity index (χ3n) is 3.94. The minimum Gasteiger partial charge on any atom is -0.255 e. The van der Waals surface area contributed by atoms with E-state index in [2.05, 4.69) is 50.6 Å². The number of hydrogen-bond acceptors (Lipinski definition) is 4. The maximum Gasteiger partial charge on any atom is 0.216 e. The Kier molecular flexibility index (Phi) is 4.18. The second-order valence-corrected chi connectivity index (χ2v) is 5.96. The molecule has 0 radical (unpaired) electrons. The van der Waals surface area contributed by atoms with Crippen molar-refractivity contribution in [3.05, 3.63) is 88.7 Å². The Bertz CT molecular complexity index is 1090. The van der Waals surface area contributed by atoms with Gasteiger partial charge < -0.3 is 0 Å². The van der Waals surface area contributed by atoms with Crippen LogP contribution in [0.4, 0.5) is 0 Å². The van der Waals surface area contributed by atoms with Gasteiger partial charge in [0.2, 0.25) is 4.77 Å². The molecule has 0 saturated carbocycles. The molecule has 2 aromatic heterocycles. The summed E-state index contributed by atoms with van der Waals surface area (Å²) in [7, 11) is 0. The molecule has 0 fully saturated rings. The summed E-state index contributed by atoms with van der Waals surface area (Å²) in [5, 5.41) is 14.0. The minimum atomic E-state index is 0.461. The average molecular weight is 345 g/mol. The van der Waals surface area contributed by atoms with Crippen LogP contribution in [0, 0.1) is 4.77 Å². The number of aromatic amines is 1. The van der Waals surface area contributed by atoms with E-state index in [9.17, 15) is 0 Å². The fourth-order valence-corrected chi connectivity index (χ4v) is 2.94. The summed E-state index contributed by atoms with van der Waals surface area (Å²) < 4.78 is 2.11. The Hall–Kier alpha value is -3.12. The van der Waals surface area contributed by atoms with Gasteiger partial charge in [-0.25, -0.2) is 0 Å². The number of pyridine rings is 1. The zero-order valence-corrected chi connectivity index (χ0v) is 14.1. The fraction of sp³-hybridized carbons (Fsp3) is 0.0526. The summed E-state index contributed by atoms with van der Waals surface area (Å²) in [4.78, 5) is 4.24. The van der Waals surface area contributed by atoms with Crippen LogP contribution in [0.2, 0.25) is 0 Å². The summed E-state index contributed by atoms with van der Waals surface area (Å²) in [5.41, 5.74) is 1.95. The van der Waals surface area contributed by atoms with Crippen molar-refractivity contribution in [1.82, 2.24) is 19.9 Å². The highest BCUT2D eigenvalue weighted by Crippen LogP contribution is 2.20. The summed E-state index contributed by atoms with van der Waals surface area (Å²) >= 11 is 5.31. The first-order valence-corrected chi connectivity index (χ1v) is 8.30. The molecular formula is C19H15N5S. The van der Waals surface area contributed by atoms with Crippen LogP contribution >= 0.6 is 12.2 Å². The summed E-state index contributed by atoms with van der Waals surface area (Å²) in [6, 6.07) is 20.2. The molecule has 0 aliphatic heterocycles. The molecule has 0 spiro atoms. The van der Waals surface area contributed by atoms with E-state index in [1.807, 2.05) is 30.3 Å². The standard InChI is InChI=1S/C19H15N5S/c25-19-23-22-18(24(19)21-13-16-9-3-4-11-20-16)12-15-8-5-7-14-6-1-2-10-17(14)15/h1-11,13H,12H2,(H,23,25)/b21-13-. The number of nitrogens with one attached hydrogen (secondary N) is 1. The van der Waals surface area contributed by atoms with Gasteiger partial charge in [-0.2, -0.15) is 14.9 Å². The Morgan fingerprint density at radius 2 is 1.88 bits per heavy atom. The molecule has 0 saturated heterocycles. The van der Waals surface area contributed by atoms with Gasteiger partial charge in [0.25, 0.3) is 0 Å². The van der Waals surface area contributed by atoms with Crippen molar-refractivity contribution >= 4 is 29.2 Å². The first-order valence-electron chi connectivity index (χ1n) is 7.89. The molecule has 5 nitrogen and oxygen atoms in total. The highest BCUT2D eigenvalue weighted by atomic mass is 32.1. The molecule has 0 bridgehead atoms. The normalized spacial score (nSPS) is 11.4. The molecule has 0 aliphatic rings. The Balaban J connectivity index is 1.70. The third kappa shape index (κ3) is 3.25. The lowest BCUT2D eigenvalue weighted by molar-refractivity contribution is 0.793. The lowest BCUT2D eigenvalue weighted by atomic mass is 10.0. The summed E-state index contributed by atoms with van der Waals surface area (Å²) in [6.07, 6.45) is 4.04.